The second kappa shape index (κ2) is 52.7. The minimum atomic E-state index is -0.563. The molecule has 62 heavy (non-hydrogen) atoms. The van der Waals surface area contributed by atoms with Crippen molar-refractivity contribution >= 4 is 11.9 Å². The number of rotatable bonds is 48. The number of esters is 2. The third-order valence-electron chi connectivity index (χ3n) is 11.3. The summed E-state index contributed by atoms with van der Waals surface area (Å²) in [6.07, 6.45) is 67.9. The van der Waals surface area contributed by atoms with E-state index in [1.807, 2.05) is 6.08 Å². The Hall–Kier alpha value is -2.66. The Bertz CT molecular complexity index is 1110. The second-order valence-electron chi connectivity index (χ2n) is 17.4. The van der Waals surface area contributed by atoms with Gasteiger partial charge >= 0.3 is 11.9 Å². The first-order chi connectivity index (χ1) is 30.6. The van der Waals surface area contributed by atoms with Crippen LogP contribution in [0.1, 0.15) is 252 Å². The Balaban J connectivity index is 4.27. The number of allylic oxidation sites excluding steroid dienone is 12. The standard InChI is InChI=1S/C57H100O5/c1-4-7-10-13-16-19-21-23-25-27-29-30-32-34-36-39-41-44-47-50-56(58)61-54-55(62-57(59)51-48-45-42-38-18-15-12-9-6-3)53-60-52-49-46-43-40-37-35-33-31-28-26-24-22-20-17-14-11-8-5-2/h7,10,16,19,23,25,29-30,34,36,41,44,55H,4-6,8-9,11-15,17-18,20-22,24,26-28,31-33,35,37-40,42-43,45-54H2,1-3H3/b10-7-,19-16-,25-23-,30-29-,36-34-,44-41-. The summed E-state index contributed by atoms with van der Waals surface area (Å²) in [4.78, 5) is 25.3. The molecule has 1 unspecified atom stereocenters. The molecule has 0 radical (unpaired) electrons. The lowest BCUT2D eigenvalue weighted by atomic mass is 10.0. The molecule has 0 aromatic rings. The number of carbonyl (C=O) groups is 2. The lowest BCUT2D eigenvalue weighted by molar-refractivity contribution is -0.162. The largest absolute Gasteiger partial charge is 0.462 e. The van der Waals surface area contributed by atoms with Crippen LogP contribution in [0.15, 0.2) is 72.9 Å². The maximum absolute atomic E-state index is 12.7. The molecule has 1 atom stereocenters. The summed E-state index contributed by atoms with van der Waals surface area (Å²) >= 11 is 0. The third kappa shape index (κ3) is 50.0. The monoisotopic (exact) mass is 865 g/mol. The van der Waals surface area contributed by atoms with Crippen LogP contribution >= 0.6 is 0 Å². The SMILES string of the molecule is CC/C=C\C/C=C\C/C=C\C/C=C\C/C=C\C/C=C\CCC(=O)OCC(COCCCCCCCCCCCCCCCCCCCC)OC(=O)CCCCCCCCCCC. The van der Waals surface area contributed by atoms with Crippen LogP contribution in [-0.2, 0) is 23.8 Å². The number of unbranched alkanes of at least 4 members (excludes halogenated alkanes) is 25. The molecule has 0 saturated heterocycles. The van der Waals surface area contributed by atoms with Gasteiger partial charge < -0.3 is 14.2 Å². The molecular formula is C57H100O5. The van der Waals surface area contributed by atoms with Crippen LogP contribution < -0.4 is 0 Å². The smallest absolute Gasteiger partial charge is 0.306 e. The fourth-order valence-corrected chi connectivity index (χ4v) is 7.36. The fourth-order valence-electron chi connectivity index (χ4n) is 7.36. The molecule has 0 aliphatic carbocycles. The number of hydrogen-bond donors (Lipinski definition) is 0. The van der Waals surface area contributed by atoms with Crippen molar-refractivity contribution in [1.82, 2.24) is 0 Å². The van der Waals surface area contributed by atoms with Gasteiger partial charge in [0.25, 0.3) is 0 Å². The maximum Gasteiger partial charge on any atom is 0.306 e. The molecule has 0 aromatic heterocycles. The van der Waals surface area contributed by atoms with Gasteiger partial charge in [0.2, 0.25) is 0 Å². The zero-order valence-electron chi connectivity index (χ0n) is 41.1. The highest BCUT2D eigenvalue weighted by molar-refractivity contribution is 5.70. The molecule has 0 N–H and O–H groups in total. The Morgan fingerprint density at radius 3 is 1.13 bits per heavy atom. The van der Waals surface area contributed by atoms with E-state index >= 15 is 0 Å². The van der Waals surface area contributed by atoms with Gasteiger partial charge in [0.15, 0.2) is 6.10 Å². The van der Waals surface area contributed by atoms with E-state index in [2.05, 4.69) is 87.6 Å². The molecule has 358 valence electrons. The van der Waals surface area contributed by atoms with Crippen LogP contribution in [0.2, 0.25) is 0 Å². The van der Waals surface area contributed by atoms with Gasteiger partial charge in [-0.2, -0.15) is 0 Å². The zero-order valence-corrected chi connectivity index (χ0v) is 41.1. The molecule has 0 rings (SSSR count). The van der Waals surface area contributed by atoms with Crippen molar-refractivity contribution in [3.63, 3.8) is 0 Å². The number of carbonyl (C=O) groups excluding carboxylic acids is 2. The second-order valence-corrected chi connectivity index (χ2v) is 17.4. The predicted octanol–water partition coefficient (Wildman–Crippen LogP) is 17.9. The van der Waals surface area contributed by atoms with Crippen molar-refractivity contribution in [2.75, 3.05) is 19.8 Å². The molecule has 0 spiro atoms. The molecular weight excluding hydrogens is 765 g/mol. The summed E-state index contributed by atoms with van der Waals surface area (Å²) in [5.41, 5.74) is 0. The topological polar surface area (TPSA) is 61.8 Å². The lowest BCUT2D eigenvalue weighted by Crippen LogP contribution is -2.30. The minimum absolute atomic E-state index is 0.0468. The van der Waals surface area contributed by atoms with Crippen molar-refractivity contribution in [3.8, 4) is 0 Å². The van der Waals surface area contributed by atoms with Crippen LogP contribution in [0.25, 0.3) is 0 Å². The van der Waals surface area contributed by atoms with Gasteiger partial charge in [-0.15, -0.1) is 0 Å². The van der Waals surface area contributed by atoms with Crippen LogP contribution in [0.4, 0.5) is 0 Å². The van der Waals surface area contributed by atoms with Gasteiger partial charge in [-0.05, 0) is 57.8 Å². The quantitative estimate of drug-likeness (QED) is 0.0346. The van der Waals surface area contributed by atoms with E-state index in [1.165, 1.54) is 148 Å². The van der Waals surface area contributed by atoms with E-state index in [1.54, 1.807) is 0 Å². The van der Waals surface area contributed by atoms with Crippen molar-refractivity contribution in [2.45, 2.75) is 258 Å². The van der Waals surface area contributed by atoms with E-state index in [4.69, 9.17) is 14.2 Å². The van der Waals surface area contributed by atoms with Gasteiger partial charge in [0.1, 0.15) is 6.61 Å². The van der Waals surface area contributed by atoms with Crippen molar-refractivity contribution in [3.05, 3.63) is 72.9 Å². The molecule has 0 bridgehead atoms. The van der Waals surface area contributed by atoms with E-state index in [-0.39, 0.29) is 25.2 Å². The van der Waals surface area contributed by atoms with E-state index in [0.29, 0.717) is 25.9 Å². The van der Waals surface area contributed by atoms with Crippen LogP contribution in [0.5, 0.6) is 0 Å². The summed E-state index contributed by atoms with van der Waals surface area (Å²) in [5.74, 6) is -0.489. The van der Waals surface area contributed by atoms with Gasteiger partial charge in [0, 0.05) is 19.4 Å². The van der Waals surface area contributed by atoms with Crippen molar-refractivity contribution in [2.24, 2.45) is 0 Å². The van der Waals surface area contributed by atoms with E-state index in [9.17, 15) is 9.59 Å². The average Bonchev–Trinajstić information content (AvgIpc) is 3.27. The average molecular weight is 865 g/mol. The zero-order chi connectivity index (χ0) is 44.9. The van der Waals surface area contributed by atoms with Gasteiger partial charge in [-0.25, -0.2) is 0 Å². The molecule has 0 fully saturated rings. The highest BCUT2D eigenvalue weighted by Crippen LogP contribution is 2.15. The van der Waals surface area contributed by atoms with Crippen LogP contribution in [-0.4, -0.2) is 37.9 Å². The first-order valence-electron chi connectivity index (χ1n) is 26.5. The predicted molar refractivity (Wildman–Crippen MR) is 270 cm³/mol. The van der Waals surface area contributed by atoms with Gasteiger partial charge in [-0.3, -0.25) is 9.59 Å². The number of hydrogen-bond acceptors (Lipinski definition) is 5. The van der Waals surface area contributed by atoms with E-state index < -0.39 is 6.10 Å². The highest BCUT2D eigenvalue weighted by atomic mass is 16.6. The summed E-state index contributed by atoms with van der Waals surface area (Å²) < 4.78 is 17.3. The first kappa shape index (κ1) is 59.3. The van der Waals surface area contributed by atoms with Gasteiger partial charge in [-0.1, -0.05) is 254 Å². The summed E-state index contributed by atoms with van der Waals surface area (Å²) in [6.45, 7) is 7.65. The lowest BCUT2D eigenvalue weighted by Gasteiger charge is -2.18. The minimum Gasteiger partial charge on any atom is -0.462 e. The van der Waals surface area contributed by atoms with Crippen molar-refractivity contribution < 1.29 is 23.8 Å². The molecule has 0 aromatic carbocycles. The Kier molecular flexibility index (Phi) is 50.4. The van der Waals surface area contributed by atoms with E-state index in [0.717, 1.165) is 64.2 Å². The normalized spacial score (nSPS) is 12.8. The molecule has 5 nitrogen and oxygen atoms in total. The molecule has 0 aliphatic rings. The van der Waals surface area contributed by atoms with Crippen LogP contribution in [0.3, 0.4) is 0 Å². The van der Waals surface area contributed by atoms with Crippen LogP contribution in [0, 0.1) is 0 Å². The molecule has 0 heterocycles. The fraction of sp³-hybridized carbons (Fsp3) is 0.754. The molecule has 0 saturated carbocycles. The Morgan fingerprint density at radius 2 is 0.726 bits per heavy atom. The Labute approximate surface area is 385 Å². The molecule has 5 heteroatoms. The summed E-state index contributed by atoms with van der Waals surface area (Å²) in [5, 5.41) is 0. The third-order valence-corrected chi connectivity index (χ3v) is 11.3. The summed E-state index contributed by atoms with van der Waals surface area (Å²) in [7, 11) is 0. The molecule has 0 aliphatic heterocycles. The van der Waals surface area contributed by atoms with Crippen molar-refractivity contribution in [1.29, 1.82) is 0 Å². The summed E-state index contributed by atoms with van der Waals surface area (Å²) in [6, 6.07) is 0. The number of ether oxygens (including phenoxy) is 3. The van der Waals surface area contributed by atoms with Gasteiger partial charge in [0.05, 0.1) is 6.61 Å². The first-order valence-corrected chi connectivity index (χ1v) is 26.5. The maximum atomic E-state index is 12.7. The highest BCUT2D eigenvalue weighted by Gasteiger charge is 2.17. The molecule has 0 amide bonds. The Morgan fingerprint density at radius 1 is 0.371 bits per heavy atom.